The first-order chi connectivity index (χ1) is 14.6. The predicted octanol–water partition coefficient (Wildman–Crippen LogP) is 4.99. The molecule has 0 aliphatic heterocycles. The minimum atomic E-state index is -0.415. The summed E-state index contributed by atoms with van der Waals surface area (Å²) in [5, 5.41) is 15.0. The van der Waals surface area contributed by atoms with Crippen LogP contribution < -0.4 is 0 Å². The van der Waals surface area contributed by atoms with E-state index in [1.54, 1.807) is 0 Å². The number of Topliss-reactive ketones (excluding diaryl/α,β-unsaturated/α-hetero) is 1. The van der Waals surface area contributed by atoms with Crippen LogP contribution in [0, 0.1) is 11.8 Å². The molecule has 1 fully saturated rings. The standard InChI is InChI=1S/C26H26N2O2/c1-17-22-14-13-21-23(18-9-5-3-6-10-18)28(2)27-25(21)26(22,15-19(16-29)24(17)30)20-11-7-4-8-12-20/h3-12,16-17,22,29H,13-15H2,1-2H3/b19-16-/t17-,22-,26+/m0/s1. The molecule has 1 heterocycles. The molecular formula is C26H26N2O2. The Balaban J connectivity index is 1.80. The average Bonchev–Trinajstić information content (AvgIpc) is 3.13. The molecule has 0 radical (unpaired) electrons. The van der Waals surface area contributed by atoms with Crippen molar-refractivity contribution in [2.24, 2.45) is 18.9 Å². The molecule has 152 valence electrons. The number of hydrogen-bond acceptors (Lipinski definition) is 3. The number of ketones is 1. The first kappa shape index (κ1) is 18.9. The van der Waals surface area contributed by atoms with Gasteiger partial charge in [0, 0.05) is 35.1 Å². The van der Waals surface area contributed by atoms with Crippen LogP contribution in [0.3, 0.4) is 0 Å². The summed E-state index contributed by atoms with van der Waals surface area (Å²) in [6.07, 6.45) is 3.34. The van der Waals surface area contributed by atoms with E-state index in [1.807, 2.05) is 30.8 Å². The third-order valence-corrected chi connectivity index (χ3v) is 7.20. The number of allylic oxidation sites excluding steroid dienone is 1. The first-order valence-electron chi connectivity index (χ1n) is 10.6. The Labute approximate surface area is 176 Å². The van der Waals surface area contributed by atoms with Gasteiger partial charge in [0.05, 0.1) is 17.6 Å². The quantitative estimate of drug-likeness (QED) is 0.489. The van der Waals surface area contributed by atoms with E-state index < -0.39 is 5.41 Å². The maximum atomic E-state index is 12.9. The maximum Gasteiger partial charge on any atom is 0.165 e. The zero-order valence-corrected chi connectivity index (χ0v) is 17.4. The van der Waals surface area contributed by atoms with Crippen molar-refractivity contribution >= 4 is 5.78 Å². The van der Waals surface area contributed by atoms with Gasteiger partial charge in [0.15, 0.2) is 5.78 Å². The van der Waals surface area contributed by atoms with E-state index in [2.05, 4.69) is 48.5 Å². The predicted molar refractivity (Wildman–Crippen MR) is 117 cm³/mol. The number of aliphatic hydroxyl groups excluding tert-OH is 1. The summed E-state index contributed by atoms with van der Waals surface area (Å²) in [6, 6.07) is 20.8. The maximum absolute atomic E-state index is 12.9. The molecule has 2 aliphatic rings. The van der Waals surface area contributed by atoms with Crippen molar-refractivity contribution < 1.29 is 9.90 Å². The molecule has 0 saturated heterocycles. The smallest absolute Gasteiger partial charge is 0.165 e. The Kier molecular flexibility index (Phi) is 4.39. The third kappa shape index (κ3) is 2.53. The Morgan fingerprint density at radius 3 is 2.43 bits per heavy atom. The van der Waals surface area contributed by atoms with Gasteiger partial charge in [0.1, 0.15) is 0 Å². The molecule has 2 aromatic carbocycles. The molecule has 5 rings (SSSR count). The summed E-state index contributed by atoms with van der Waals surface area (Å²) >= 11 is 0. The molecule has 0 amide bonds. The highest BCUT2D eigenvalue weighted by Gasteiger charge is 2.55. The molecule has 30 heavy (non-hydrogen) atoms. The van der Waals surface area contributed by atoms with Gasteiger partial charge in [-0.25, -0.2) is 0 Å². The fourth-order valence-corrected chi connectivity index (χ4v) is 5.89. The van der Waals surface area contributed by atoms with Gasteiger partial charge < -0.3 is 5.11 Å². The monoisotopic (exact) mass is 398 g/mol. The summed E-state index contributed by atoms with van der Waals surface area (Å²) < 4.78 is 2.00. The highest BCUT2D eigenvalue weighted by atomic mass is 16.2. The summed E-state index contributed by atoms with van der Waals surface area (Å²) in [6.45, 7) is 2.01. The van der Waals surface area contributed by atoms with Crippen LogP contribution in [0.15, 0.2) is 72.5 Å². The second kappa shape index (κ2) is 6.98. The molecule has 1 saturated carbocycles. The molecule has 2 aliphatic carbocycles. The Bertz CT molecular complexity index is 1130. The van der Waals surface area contributed by atoms with Gasteiger partial charge in [0.25, 0.3) is 0 Å². The van der Waals surface area contributed by atoms with Crippen molar-refractivity contribution in [1.29, 1.82) is 0 Å². The van der Waals surface area contributed by atoms with E-state index in [1.165, 1.54) is 11.1 Å². The van der Waals surface area contributed by atoms with Crippen molar-refractivity contribution in [2.45, 2.75) is 31.6 Å². The van der Waals surface area contributed by atoms with Crippen LogP contribution in [-0.2, 0) is 23.7 Å². The summed E-state index contributed by atoms with van der Waals surface area (Å²) in [5.74, 6) is 0.0616. The number of nitrogens with zero attached hydrogens (tertiary/aromatic N) is 2. The number of fused-ring (bicyclic) bond motifs is 3. The van der Waals surface area contributed by atoms with Gasteiger partial charge in [-0.15, -0.1) is 0 Å². The van der Waals surface area contributed by atoms with Gasteiger partial charge in [0.2, 0.25) is 0 Å². The lowest BCUT2D eigenvalue weighted by molar-refractivity contribution is -0.123. The lowest BCUT2D eigenvalue weighted by atomic mass is 9.52. The van der Waals surface area contributed by atoms with Crippen LogP contribution in [0.4, 0.5) is 0 Å². The number of carbonyl (C=O) groups is 1. The highest BCUT2D eigenvalue weighted by Crippen LogP contribution is 2.56. The largest absolute Gasteiger partial charge is 0.515 e. The molecule has 3 aromatic rings. The van der Waals surface area contributed by atoms with Gasteiger partial charge in [-0.1, -0.05) is 67.6 Å². The number of aliphatic hydroxyl groups is 1. The summed E-state index contributed by atoms with van der Waals surface area (Å²) in [5.41, 5.74) is 5.90. The van der Waals surface area contributed by atoms with Crippen molar-refractivity contribution in [3.8, 4) is 11.3 Å². The second-order valence-corrected chi connectivity index (χ2v) is 8.63. The van der Waals surface area contributed by atoms with Crippen LogP contribution in [0.1, 0.15) is 36.6 Å². The van der Waals surface area contributed by atoms with Crippen molar-refractivity contribution in [3.05, 3.63) is 89.3 Å². The SMILES string of the molecule is C[C@@H]1C(=O)/C(=C\O)C[C@]2(c3ccccc3)c3nn(C)c(-c4ccccc4)c3CC[C@@H]12. The molecule has 0 bridgehead atoms. The molecule has 0 unspecified atom stereocenters. The fraction of sp³-hybridized carbons (Fsp3) is 0.308. The average molecular weight is 399 g/mol. The first-order valence-corrected chi connectivity index (χ1v) is 10.6. The molecule has 0 spiro atoms. The molecule has 4 nitrogen and oxygen atoms in total. The number of rotatable bonds is 2. The van der Waals surface area contributed by atoms with Crippen LogP contribution in [0.2, 0.25) is 0 Å². The number of aromatic nitrogens is 2. The van der Waals surface area contributed by atoms with E-state index >= 15 is 0 Å². The molecular weight excluding hydrogens is 372 g/mol. The van der Waals surface area contributed by atoms with Crippen molar-refractivity contribution in [1.82, 2.24) is 9.78 Å². The van der Waals surface area contributed by atoms with Crippen molar-refractivity contribution in [3.63, 3.8) is 0 Å². The minimum Gasteiger partial charge on any atom is -0.515 e. The number of aryl methyl sites for hydroxylation is 1. The lowest BCUT2D eigenvalue weighted by Crippen LogP contribution is -2.50. The third-order valence-electron chi connectivity index (χ3n) is 7.20. The van der Waals surface area contributed by atoms with Crippen molar-refractivity contribution in [2.75, 3.05) is 0 Å². The molecule has 3 atom stereocenters. The van der Waals surface area contributed by atoms with E-state index in [4.69, 9.17) is 5.10 Å². The Morgan fingerprint density at radius 1 is 1.10 bits per heavy atom. The van der Waals surface area contributed by atoms with E-state index in [0.717, 1.165) is 36.1 Å². The van der Waals surface area contributed by atoms with Crippen LogP contribution in [0.25, 0.3) is 11.3 Å². The number of benzene rings is 2. The van der Waals surface area contributed by atoms with Crippen LogP contribution >= 0.6 is 0 Å². The van der Waals surface area contributed by atoms with Gasteiger partial charge in [-0.05, 0) is 30.7 Å². The normalized spacial score (nSPS) is 27.0. The van der Waals surface area contributed by atoms with Gasteiger partial charge in [-0.3, -0.25) is 9.48 Å². The lowest BCUT2D eigenvalue weighted by Gasteiger charge is -2.49. The summed E-state index contributed by atoms with van der Waals surface area (Å²) in [4.78, 5) is 12.9. The van der Waals surface area contributed by atoms with Gasteiger partial charge >= 0.3 is 0 Å². The fourth-order valence-electron chi connectivity index (χ4n) is 5.89. The molecule has 4 heteroatoms. The zero-order valence-electron chi connectivity index (χ0n) is 17.4. The number of carbonyl (C=O) groups excluding carboxylic acids is 1. The molecule has 1 N–H and O–H groups in total. The molecule has 1 aromatic heterocycles. The van der Waals surface area contributed by atoms with E-state index in [9.17, 15) is 9.90 Å². The van der Waals surface area contributed by atoms with Crippen LogP contribution in [-0.4, -0.2) is 20.7 Å². The Morgan fingerprint density at radius 2 is 1.77 bits per heavy atom. The van der Waals surface area contributed by atoms with E-state index in [0.29, 0.717) is 12.0 Å². The van der Waals surface area contributed by atoms with E-state index in [-0.39, 0.29) is 17.6 Å². The minimum absolute atomic E-state index is 0.0664. The zero-order chi connectivity index (χ0) is 20.9. The van der Waals surface area contributed by atoms with Gasteiger partial charge in [-0.2, -0.15) is 5.10 Å². The highest BCUT2D eigenvalue weighted by molar-refractivity contribution is 5.98. The topological polar surface area (TPSA) is 55.1 Å². The van der Waals surface area contributed by atoms with Crippen LogP contribution in [0.5, 0.6) is 0 Å². The number of hydrogen-bond donors (Lipinski definition) is 1. The second-order valence-electron chi connectivity index (χ2n) is 8.63. The Hall–Kier alpha value is -3.14. The summed E-state index contributed by atoms with van der Waals surface area (Å²) in [7, 11) is 2.01.